The van der Waals surface area contributed by atoms with Gasteiger partial charge in [0.25, 0.3) is 0 Å². The molecule has 0 spiro atoms. The molecular weight excluding hydrogens is 256 g/mol. The number of aromatic nitrogens is 1. The van der Waals surface area contributed by atoms with Crippen LogP contribution in [-0.4, -0.2) is 48.5 Å². The molecule has 19 heavy (non-hydrogen) atoms. The number of fused-ring (bicyclic) bond motifs is 1. The first-order valence-electron chi connectivity index (χ1n) is 6.95. The smallest absolute Gasteiger partial charge is 0.117 e. The molecular formula is C14H20N4S. The summed E-state index contributed by atoms with van der Waals surface area (Å²) in [6.45, 7) is 6.84. The third-order valence-electron chi connectivity index (χ3n) is 3.53. The van der Waals surface area contributed by atoms with Crippen molar-refractivity contribution in [1.82, 2.24) is 14.6 Å². The molecule has 102 valence electrons. The van der Waals surface area contributed by atoms with E-state index in [1.807, 2.05) is 6.07 Å². The fourth-order valence-corrected chi connectivity index (χ4v) is 3.24. The Bertz CT molecular complexity index is 519. The second kappa shape index (κ2) is 6.32. The minimum Gasteiger partial charge on any atom is -0.375 e. The molecule has 0 unspecified atom stereocenters. The number of benzene rings is 1. The van der Waals surface area contributed by atoms with Crippen molar-refractivity contribution in [1.29, 1.82) is 0 Å². The predicted molar refractivity (Wildman–Crippen MR) is 82.0 cm³/mol. The quantitative estimate of drug-likeness (QED) is 0.820. The minimum atomic E-state index is 1.02. The van der Waals surface area contributed by atoms with Gasteiger partial charge in [-0.3, -0.25) is 0 Å². The van der Waals surface area contributed by atoms with Crippen molar-refractivity contribution in [2.75, 3.05) is 44.6 Å². The Kier molecular flexibility index (Phi) is 4.27. The number of nitrogens with one attached hydrogen (secondary N) is 2. The lowest BCUT2D eigenvalue weighted by atomic mass is 10.2. The molecule has 1 fully saturated rings. The summed E-state index contributed by atoms with van der Waals surface area (Å²) in [5.41, 5.74) is 1.09. The van der Waals surface area contributed by atoms with Gasteiger partial charge in [-0.05, 0) is 36.6 Å². The highest BCUT2D eigenvalue weighted by atomic mass is 32.1. The van der Waals surface area contributed by atoms with E-state index in [0.717, 1.165) is 25.2 Å². The van der Waals surface area contributed by atoms with Crippen LogP contribution in [0.2, 0.25) is 0 Å². The van der Waals surface area contributed by atoms with Crippen molar-refractivity contribution in [2.45, 2.75) is 6.42 Å². The van der Waals surface area contributed by atoms with Crippen LogP contribution in [0.4, 0.5) is 5.00 Å². The van der Waals surface area contributed by atoms with Gasteiger partial charge in [0.2, 0.25) is 0 Å². The van der Waals surface area contributed by atoms with Crippen molar-refractivity contribution >= 4 is 27.4 Å². The predicted octanol–water partition coefficient (Wildman–Crippen LogP) is 2.00. The number of hydrogen-bond acceptors (Lipinski definition) is 5. The van der Waals surface area contributed by atoms with E-state index in [-0.39, 0.29) is 0 Å². The highest BCUT2D eigenvalue weighted by molar-refractivity contribution is 7.11. The van der Waals surface area contributed by atoms with E-state index in [1.54, 1.807) is 11.5 Å². The average Bonchev–Trinajstić information content (AvgIpc) is 2.88. The van der Waals surface area contributed by atoms with Crippen molar-refractivity contribution in [3.05, 3.63) is 24.3 Å². The molecule has 2 aromatic rings. The molecule has 0 aliphatic carbocycles. The third kappa shape index (κ3) is 3.23. The van der Waals surface area contributed by atoms with Gasteiger partial charge in [-0.25, -0.2) is 0 Å². The molecule has 4 nitrogen and oxygen atoms in total. The van der Waals surface area contributed by atoms with E-state index in [4.69, 9.17) is 0 Å². The van der Waals surface area contributed by atoms with E-state index in [1.165, 1.54) is 36.4 Å². The Morgan fingerprint density at radius 3 is 3.00 bits per heavy atom. The lowest BCUT2D eigenvalue weighted by Crippen LogP contribution is -2.44. The van der Waals surface area contributed by atoms with Crippen LogP contribution in [0, 0.1) is 0 Å². The van der Waals surface area contributed by atoms with Gasteiger partial charge >= 0.3 is 0 Å². The number of nitrogens with zero attached hydrogens (tertiary/aromatic N) is 2. The maximum Gasteiger partial charge on any atom is 0.117 e. The van der Waals surface area contributed by atoms with Gasteiger partial charge < -0.3 is 15.5 Å². The summed E-state index contributed by atoms with van der Waals surface area (Å²) in [6.07, 6.45) is 1.19. The Hall–Kier alpha value is -1.17. The van der Waals surface area contributed by atoms with Gasteiger partial charge in [0, 0.05) is 38.1 Å². The molecule has 2 N–H and O–H groups in total. The summed E-state index contributed by atoms with van der Waals surface area (Å²) in [5, 5.41) is 9.35. The minimum absolute atomic E-state index is 1.02. The first-order chi connectivity index (χ1) is 9.43. The van der Waals surface area contributed by atoms with Crippen LogP contribution in [0.3, 0.4) is 0 Å². The topological polar surface area (TPSA) is 40.2 Å². The van der Waals surface area contributed by atoms with E-state index >= 15 is 0 Å². The summed E-state index contributed by atoms with van der Waals surface area (Å²) in [7, 11) is 0. The standard InChI is InChI=1S/C14H20N4S/c1-2-5-13-12(4-1)14(19-17-13)16-6-3-9-18-10-7-15-8-11-18/h1-2,4-5,15-16H,3,6-11H2. The van der Waals surface area contributed by atoms with Gasteiger partial charge in [0.15, 0.2) is 0 Å². The summed E-state index contributed by atoms with van der Waals surface area (Å²) < 4.78 is 4.45. The number of anilines is 1. The third-order valence-corrected chi connectivity index (χ3v) is 4.37. The van der Waals surface area contributed by atoms with E-state index in [0.29, 0.717) is 0 Å². The van der Waals surface area contributed by atoms with Crippen LogP contribution in [0.25, 0.3) is 10.9 Å². The number of hydrogen-bond donors (Lipinski definition) is 2. The summed E-state index contributed by atoms with van der Waals surface area (Å²) in [6, 6.07) is 8.31. The molecule has 0 amide bonds. The molecule has 0 atom stereocenters. The van der Waals surface area contributed by atoms with Gasteiger partial charge in [0.05, 0.1) is 5.52 Å². The van der Waals surface area contributed by atoms with Gasteiger partial charge in [0.1, 0.15) is 5.00 Å². The first-order valence-corrected chi connectivity index (χ1v) is 7.72. The van der Waals surface area contributed by atoms with Crippen LogP contribution >= 0.6 is 11.5 Å². The Morgan fingerprint density at radius 1 is 1.26 bits per heavy atom. The Labute approximate surface area is 118 Å². The SMILES string of the molecule is c1ccc2c(NCCCN3CCNCC3)snc2c1. The van der Waals surface area contributed by atoms with Crippen LogP contribution < -0.4 is 10.6 Å². The summed E-state index contributed by atoms with van der Waals surface area (Å²) in [4.78, 5) is 2.53. The molecule has 1 aliphatic rings. The Morgan fingerprint density at radius 2 is 2.11 bits per heavy atom. The summed E-state index contributed by atoms with van der Waals surface area (Å²) >= 11 is 1.56. The van der Waals surface area contributed by atoms with E-state index < -0.39 is 0 Å². The molecule has 1 saturated heterocycles. The lowest BCUT2D eigenvalue weighted by molar-refractivity contribution is 0.240. The van der Waals surface area contributed by atoms with Crippen LogP contribution in [-0.2, 0) is 0 Å². The fraction of sp³-hybridized carbons (Fsp3) is 0.500. The molecule has 0 radical (unpaired) electrons. The number of piperazine rings is 1. The van der Waals surface area contributed by atoms with E-state index in [9.17, 15) is 0 Å². The maximum atomic E-state index is 4.45. The molecule has 3 rings (SSSR count). The van der Waals surface area contributed by atoms with Crippen LogP contribution in [0.1, 0.15) is 6.42 Å². The normalized spacial score (nSPS) is 16.8. The van der Waals surface area contributed by atoms with Crippen LogP contribution in [0.5, 0.6) is 0 Å². The molecule has 5 heteroatoms. The van der Waals surface area contributed by atoms with Gasteiger partial charge in [-0.15, -0.1) is 0 Å². The second-order valence-electron chi connectivity index (χ2n) is 4.90. The maximum absolute atomic E-state index is 4.45. The van der Waals surface area contributed by atoms with Crippen LogP contribution in [0.15, 0.2) is 24.3 Å². The first kappa shape index (κ1) is 12.8. The van der Waals surface area contributed by atoms with Crippen molar-refractivity contribution in [2.24, 2.45) is 0 Å². The molecule has 1 aromatic carbocycles. The van der Waals surface area contributed by atoms with Crippen molar-refractivity contribution in [3.8, 4) is 0 Å². The highest BCUT2D eigenvalue weighted by Gasteiger charge is 2.09. The molecule has 2 heterocycles. The van der Waals surface area contributed by atoms with Crippen molar-refractivity contribution < 1.29 is 0 Å². The number of rotatable bonds is 5. The van der Waals surface area contributed by atoms with E-state index in [2.05, 4.69) is 38.1 Å². The average molecular weight is 276 g/mol. The largest absolute Gasteiger partial charge is 0.375 e. The zero-order valence-corrected chi connectivity index (χ0v) is 11.9. The van der Waals surface area contributed by atoms with Crippen molar-refractivity contribution in [3.63, 3.8) is 0 Å². The van der Waals surface area contributed by atoms with Gasteiger partial charge in [-0.1, -0.05) is 12.1 Å². The lowest BCUT2D eigenvalue weighted by Gasteiger charge is -2.27. The highest BCUT2D eigenvalue weighted by Crippen LogP contribution is 2.26. The molecule has 1 aliphatic heterocycles. The monoisotopic (exact) mass is 276 g/mol. The zero-order valence-electron chi connectivity index (χ0n) is 11.1. The fourth-order valence-electron chi connectivity index (χ4n) is 2.46. The molecule has 0 bridgehead atoms. The summed E-state index contributed by atoms with van der Waals surface area (Å²) in [5.74, 6) is 0. The molecule has 0 saturated carbocycles. The zero-order chi connectivity index (χ0) is 12.9. The Balaban J connectivity index is 1.47. The van der Waals surface area contributed by atoms with Gasteiger partial charge in [-0.2, -0.15) is 4.37 Å². The second-order valence-corrected chi connectivity index (χ2v) is 5.67. The molecule has 1 aromatic heterocycles.